The van der Waals surface area contributed by atoms with Gasteiger partial charge in [-0.15, -0.1) is 0 Å². The number of aromatic amines is 1. The molecule has 0 saturated carbocycles. The maximum atomic E-state index is 12.1. The maximum absolute atomic E-state index is 12.1. The van der Waals surface area contributed by atoms with Crippen molar-refractivity contribution in [3.8, 4) is 10.4 Å². The van der Waals surface area contributed by atoms with Crippen LogP contribution in [0.2, 0.25) is 0 Å². The first-order valence-corrected chi connectivity index (χ1v) is 8.04. The van der Waals surface area contributed by atoms with E-state index in [0.717, 1.165) is 21.8 Å². The SMILES string of the molecule is Cc1nc(NC(=O)NC(C)c2ccc[nH]2)sc1-c1ccncc1. The van der Waals surface area contributed by atoms with Crippen LogP contribution >= 0.6 is 11.3 Å². The van der Waals surface area contributed by atoms with Gasteiger partial charge in [-0.1, -0.05) is 11.3 Å². The van der Waals surface area contributed by atoms with Crippen LogP contribution in [0.25, 0.3) is 10.4 Å². The number of carbonyl (C=O) groups is 1. The summed E-state index contributed by atoms with van der Waals surface area (Å²) in [5.74, 6) is 0. The standard InChI is InChI=1S/C16H17N5OS/c1-10(13-4-3-7-18-13)19-15(22)21-16-20-11(2)14(23-16)12-5-8-17-9-6-12/h3-10,18H,1-2H3,(H2,19,20,21,22). The summed E-state index contributed by atoms with van der Waals surface area (Å²) >= 11 is 1.45. The molecule has 0 bridgehead atoms. The minimum Gasteiger partial charge on any atom is -0.363 e. The summed E-state index contributed by atoms with van der Waals surface area (Å²) in [6.07, 6.45) is 5.31. The van der Waals surface area contributed by atoms with Crippen LogP contribution in [-0.2, 0) is 0 Å². The highest BCUT2D eigenvalue weighted by molar-refractivity contribution is 7.19. The Hall–Kier alpha value is -2.67. The van der Waals surface area contributed by atoms with E-state index in [1.165, 1.54) is 11.3 Å². The fraction of sp³-hybridized carbons (Fsp3) is 0.188. The Balaban J connectivity index is 1.68. The van der Waals surface area contributed by atoms with Gasteiger partial charge in [0.15, 0.2) is 5.13 Å². The number of thiazole rings is 1. The third kappa shape index (κ3) is 3.57. The van der Waals surface area contributed by atoms with Crippen LogP contribution < -0.4 is 10.6 Å². The van der Waals surface area contributed by atoms with Gasteiger partial charge in [0.1, 0.15) is 0 Å². The second kappa shape index (κ2) is 6.62. The molecule has 2 amide bonds. The molecule has 0 saturated heterocycles. The predicted octanol–water partition coefficient (Wildman–Crippen LogP) is 3.72. The molecule has 3 rings (SSSR count). The van der Waals surface area contributed by atoms with Crippen molar-refractivity contribution in [3.63, 3.8) is 0 Å². The molecule has 118 valence electrons. The molecule has 3 aromatic rings. The summed E-state index contributed by atoms with van der Waals surface area (Å²) in [6.45, 7) is 3.85. The van der Waals surface area contributed by atoms with Crippen molar-refractivity contribution < 1.29 is 4.79 Å². The van der Waals surface area contributed by atoms with Gasteiger partial charge in [0.2, 0.25) is 0 Å². The van der Waals surface area contributed by atoms with E-state index in [1.54, 1.807) is 12.4 Å². The van der Waals surface area contributed by atoms with Crippen molar-refractivity contribution in [1.29, 1.82) is 0 Å². The summed E-state index contributed by atoms with van der Waals surface area (Å²) < 4.78 is 0. The van der Waals surface area contributed by atoms with Crippen LogP contribution in [0, 0.1) is 6.92 Å². The van der Waals surface area contributed by atoms with Crippen molar-refractivity contribution in [1.82, 2.24) is 20.3 Å². The first-order valence-electron chi connectivity index (χ1n) is 7.22. The number of H-pyrrole nitrogens is 1. The molecule has 0 radical (unpaired) electrons. The topological polar surface area (TPSA) is 82.7 Å². The molecule has 0 aromatic carbocycles. The third-order valence-corrected chi connectivity index (χ3v) is 4.52. The molecule has 0 aliphatic heterocycles. The van der Waals surface area contributed by atoms with Gasteiger partial charge in [0.25, 0.3) is 0 Å². The number of hydrogen-bond acceptors (Lipinski definition) is 4. The highest BCUT2D eigenvalue weighted by Gasteiger charge is 2.14. The molecule has 3 aromatic heterocycles. The molecule has 3 heterocycles. The Bertz CT molecular complexity index is 782. The summed E-state index contributed by atoms with van der Waals surface area (Å²) in [5.41, 5.74) is 2.88. The maximum Gasteiger partial charge on any atom is 0.321 e. The summed E-state index contributed by atoms with van der Waals surface area (Å²) in [7, 11) is 0. The fourth-order valence-electron chi connectivity index (χ4n) is 2.24. The van der Waals surface area contributed by atoms with Crippen LogP contribution in [-0.4, -0.2) is 21.0 Å². The number of nitrogens with zero attached hydrogens (tertiary/aromatic N) is 2. The van der Waals surface area contributed by atoms with E-state index in [9.17, 15) is 4.79 Å². The molecule has 1 unspecified atom stereocenters. The number of amides is 2. The van der Waals surface area contributed by atoms with Gasteiger partial charge in [-0.2, -0.15) is 0 Å². The number of aromatic nitrogens is 3. The number of anilines is 1. The van der Waals surface area contributed by atoms with Crippen LogP contribution in [0.3, 0.4) is 0 Å². The van der Waals surface area contributed by atoms with Gasteiger partial charge in [0, 0.05) is 24.3 Å². The van der Waals surface area contributed by atoms with Gasteiger partial charge in [0.05, 0.1) is 16.6 Å². The van der Waals surface area contributed by atoms with Crippen LogP contribution in [0.5, 0.6) is 0 Å². The highest BCUT2D eigenvalue weighted by atomic mass is 32.1. The van der Waals surface area contributed by atoms with Crippen molar-refractivity contribution in [2.24, 2.45) is 0 Å². The van der Waals surface area contributed by atoms with Gasteiger partial charge in [-0.05, 0) is 43.7 Å². The molecule has 3 N–H and O–H groups in total. The number of urea groups is 1. The Morgan fingerprint density at radius 3 is 2.78 bits per heavy atom. The third-order valence-electron chi connectivity index (χ3n) is 3.40. The largest absolute Gasteiger partial charge is 0.363 e. The average Bonchev–Trinajstić information content (AvgIpc) is 3.18. The summed E-state index contributed by atoms with van der Waals surface area (Å²) in [5, 5.41) is 6.24. The van der Waals surface area contributed by atoms with Crippen LogP contribution in [0.1, 0.15) is 24.4 Å². The van der Waals surface area contributed by atoms with Crippen molar-refractivity contribution in [2.75, 3.05) is 5.32 Å². The van der Waals surface area contributed by atoms with E-state index in [2.05, 4.69) is 25.6 Å². The quantitative estimate of drug-likeness (QED) is 0.683. The number of pyridine rings is 1. The zero-order valence-electron chi connectivity index (χ0n) is 12.8. The van der Waals surface area contributed by atoms with E-state index in [4.69, 9.17) is 0 Å². The van der Waals surface area contributed by atoms with Gasteiger partial charge in [-0.25, -0.2) is 9.78 Å². The molecule has 7 heteroatoms. The molecular weight excluding hydrogens is 310 g/mol. The van der Waals surface area contributed by atoms with Crippen molar-refractivity contribution >= 4 is 22.5 Å². The monoisotopic (exact) mass is 327 g/mol. The zero-order valence-corrected chi connectivity index (χ0v) is 13.6. The average molecular weight is 327 g/mol. The predicted molar refractivity (Wildman–Crippen MR) is 91.4 cm³/mol. The highest BCUT2D eigenvalue weighted by Crippen LogP contribution is 2.32. The summed E-state index contributed by atoms with van der Waals surface area (Å²) in [6, 6.07) is 7.30. The second-order valence-corrected chi connectivity index (χ2v) is 6.11. The zero-order chi connectivity index (χ0) is 16.2. The van der Waals surface area contributed by atoms with Crippen molar-refractivity contribution in [2.45, 2.75) is 19.9 Å². The number of aryl methyl sites for hydroxylation is 1. The molecule has 0 aliphatic carbocycles. The lowest BCUT2D eigenvalue weighted by atomic mass is 10.2. The summed E-state index contributed by atoms with van der Waals surface area (Å²) in [4.78, 5) is 24.6. The van der Waals surface area contributed by atoms with E-state index in [1.807, 2.05) is 44.3 Å². The normalized spacial score (nSPS) is 11.9. The Morgan fingerprint density at radius 1 is 1.30 bits per heavy atom. The first kappa shape index (κ1) is 15.2. The molecule has 23 heavy (non-hydrogen) atoms. The first-order chi connectivity index (χ1) is 11.1. The van der Waals surface area contributed by atoms with Crippen molar-refractivity contribution in [3.05, 3.63) is 54.2 Å². The lowest BCUT2D eigenvalue weighted by molar-refractivity contribution is 0.249. The molecule has 1 atom stereocenters. The molecular formula is C16H17N5OS. The lowest BCUT2D eigenvalue weighted by Crippen LogP contribution is -2.31. The van der Waals surface area contributed by atoms with E-state index < -0.39 is 0 Å². The van der Waals surface area contributed by atoms with E-state index >= 15 is 0 Å². The number of carbonyl (C=O) groups excluding carboxylic acids is 1. The van der Waals surface area contributed by atoms with Gasteiger partial charge >= 0.3 is 6.03 Å². The Kier molecular flexibility index (Phi) is 4.38. The Morgan fingerprint density at radius 2 is 2.09 bits per heavy atom. The Labute approximate surface area is 138 Å². The lowest BCUT2D eigenvalue weighted by Gasteiger charge is -2.12. The molecule has 0 spiro atoms. The van der Waals surface area contributed by atoms with Gasteiger partial charge in [-0.3, -0.25) is 10.3 Å². The number of rotatable bonds is 4. The second-order valence-electron chi connectivity index (χ2n) is 5.12. The minimum atomic E-state index is -0.276. The van der Waals surface area contributed by atoms with Crippen LogP contribution in [0.4, 0.5) is 9.93 Å². The fourth-order valence-corrected chi connectivity index (χ4v) is 3.21. The van der Waals surface area contributed by atoms with Crippen LogP contribution in [0.15, 0.2) is 42.9 Å². The smallest absolute Gasteiger partial charge is 0.321 e. The van der Waals surface area contributed by atoms with Gasteiger partial charge < -0.3 is 10.3 Å². The molecule has 6 nitrogen and oxygen atoms in total. The number of hydrogen-bond donors (Lipinski definition) is 3. The number of nitrogens with one attached hydrogen (secondary N) is 3. The van der Waals surface area contributed by atoms with E-state index in [0.29, 0.717) is 5.13 Å². The minimum absolute atomic E-state index is 0.106. The molecule has 0 aliphatic rings. The molecule has 0 fully saturated rings. The van der Waals surface area contributed by atoms with E-state index in [-0.39, 0.29) is 12.1 Å².